The van der Waals surface area contributed by atoms with Gasteiger partial charge in [-0.1, -0.05) is 31.2 Å². The lowest BCUT2D eigenvalue weighted by molar-refractivity contribution is 0.102. The Morgan fingerprint density at radius 2 is 1.97 bits per heavy atom. The molecular weight excluding hydrogens is 406 g/mol. The van der Waals surface area contributed by atoms with Crippen molar-refractivity contribution in [1.82, 2.24) is 4.98 Å². The predicted molar refractivity (Wildman–Crippen MR) is 117 cm³/mol. The second-order valence-corrected chi connectivity index (χ2v) is 9.74. The summed E-state index contributed by atoms with van der Waals surface area (Å²) in [5, 5.41) is 5.29. The number of amides is 1. The lowest BCUT2D eigenvalue weighted by atomic mass is 10.1. The fourth-order valence-corrected chi connectivity index (χ4v) is 5.07. The standard InChI is InChI=1S/C21H21N3O3S2/c1-3-14-4-6-15(7-5-14)18-13-28-21(22-18)23-20(25)17-8-9-19-16(12-17)10-11-24(19)29(2,26)27/h4-9,12-13H,3,10-11H2,1-2H3,(H,22,23,25). The van der Waals surface area contributed by atoms with E-state index < -0.39 is 10.0 Å². The monoisotopic (exact) mass is 427 g/mol. The van der Waals surface area contributed by atoms with Crippen molar-refractivity contribution in [3.05, 3.63) is 64.5 Å². The van der Waals surface area contributed by atoms with Crippen LogP contribution in [-0.4, -0.2) is 32.1 Å². The molecule has 0 bridgehead atoms. The lowest BCUT2D eigenvalue weighted by Crippen LogP contribution is -2.27. The average molecular weight is 428 g/mol. The summed E-state index contributed by atoms with van der Waals surface area (Å²) in [6, 6.07) is 13.3. The van der Waals surface area contributed by atoms with Gasteiger partial charge >= 0.3 is 0 Å². The van der Waals surface area contributed by atoms with Crippen molar-refractivity contribution < 1.29 is 13.2 Å². The zero-order valence-electron chi connectivity index (χ0n) is 16.2. The van der Waals surface area contributed by atoms with Crippen LogP contribution in [0.4, 0.5) is 10.8 Å². The Kier molecular flexibility index (Phi) is 5.14. The third-order valence-electron chi connectivity index (χ3n) is 4.98. The maximum Gasteiger partial charge on any atom is 0.257 e. The smallest absolute Gasteiger partial charge is 0.257 e. The molecule has 8 heteroatoms. The van der Waals surface area contributed by atoms with E-state index in [1.165, 1.54) is 27.5 Å². The number of benzene rings is 2. The van der Waals surface area contributed by atoms with Crippen LogP contribution in [0.3, 0.4) is 0 Å². The molecule has 1 aliphatic rings. The number of rotatable bonds is 5. The van der Waals surface area contributed by atoms with E-state index in [-0.39, 0.29) is 5.91 Å². The molecule has 6 nitrogen and oxygen atoms in total. The van der Waals surface area contributed by atoms with Gasteiger partial charge in [-0.3, -0.25) is 14.4 Å². The van der Waals surface area contributed by atoms with Gasteiger partial charge in [0.25, 0.3) is 5.91 Å². The first-order valence-corrected chi connectivity index (χ1v) is 12.0. The van der Waals surface area contributed by atoms with E-state index in [4.69, 9.17) is 0 Å². The van der Waals surface area contributed by atoms with E-state index in [2.05, 4.69) is 29.4 Å². The normalized spacial score (nSPS) is 13.4. The number of carbonyl (C=O) groups excluding carboxylic acids is 1. The molecule has 1 amide bonds. The van der Waals surface area contributed by atoms with Gasteiger partial charge in [0.1, 0.15) is 0 Å². The fourth-order valence-electron chi connectivity index (χ4n) is 3.40. The second-order valence-electron chi connectivity index (χ2n) is 6.97. The van der Waals surface area contributed by atoms with E-state index in [0.717, 1.165) is 23.2 Å². The number of nitrogens with one attached hydrogen (secondary N) is 1. The van der Waals surface area contributed by atoms with Gasteiger partial charge in [0.15, 0.2) is 5.13 Å². The molecule has 2 aromatic carbocycles. The van der Waals surface area contributed by atoms with E-state index in [0.29, 0.717) is 29.3 Å². The number of fused-ring (bicyclic) bond motifs is 1. The first kappa shape index (κ1) is 19.6. The minimum Gasteiger partial charge on any atom is -0.298 e. The average Bonchev–Trinajstić information content (AvgIpc) is 3.34. The first-order valence-electron chi connectivity index (χ1n) is 9.32. The third kappa shape index (κ3) is 4.04. The molecule has 0 aliphatic carbocycles. The predicted octanol–water partition coefficient (Wildman–Crippen LogP) is 3.95. The number of hydrogen-bond acceptors (Lipinski definition) is 5. The minimum absolute atomic E-state index is 0.257. The van der Waals surface area contributed by atoms with Gasteiger partial charge in [0.05, 0.1) is 17.6 Å². The van der Waals surface area contributed by atoms with Gasteiger partial charge in [-0.05, 0) is 42.2 Å². The molecule has 0 saturated heterocycles. The molecule has 3 aromatic rings. The van der Waals surface area contributed by atoms with Crippen LogP contribution in [0.25, 0.3) is 11.3 Å². The molecule has 1 aromatic heterocycles. The molecular formula is C21H21N3O3S2. The molecule has 0 atom stereocenters. The number of carbonyl (C=O) groups is 1. The Labute approximate surface area is 174 Å². The van der Waals surface area contributed by atoms with Crippen LogP contribution in [0.15, 0.2) is 47.8 Å². The van der Waals surface area contributed by atoms with Gasteiger partial charge in [-0.25, -0.2) is 13.4 Å². The summed E-state index contributed by atoms with van der Waals surface area (Å²) in [6.45, 7) is 2.52. The fraction of sp³-hybridized carbons (Fsp3) is 0.238. The Morgan fingerprint density at radius 1 is 1.21 bits per heavy atom. The molecule has 150 valence electrons. The summed E-state index contributed by atoms with van der Waals surface area (Å²) in [5.41, 5.74) is 5.10. The summed E-state index contributed by atoms with van der Waals surface area (Å²) in [6.07, 6.45) is 2.78. The Morgan fingerprint density at radius 3 is 2.66 bits per heavy atom. The van der Waals surface area contributed by atoms with Crippen molar-refractivity contribution >= 4 is 38.1 Å². The highest BCUT2D eigenvalue weighted by atomic mass is 32.2. The Hall–Kier alpha value is -2.71. The zero-order chi connectivity index (χ0) is 20.6. The molecule has 29 heavy (non-hydrogen) atoms. The summed E-state index contributed by atoms with van der Waals surface area (Å²) in [4.78, 5) is 17.2. The van der Waals surface area contributed by atoms with E-state index in [1.807, 2.05) is 17.5 Å². The summed E-state index contributed by atoms with van der Waals surface area (Å²) >= 11 is 1.38. The van der Waals surface area contributed by atoms with Crippen LogP contribution in [0.5, 0.6) is 0 Å². The number of aryl methyl sites for hydroxylation is 1. The van der Waals surface area contributed by atoms with Crippen LogP contribution in [0, 0.1) is 0 Å². The summed E-state index contributed by atoms with van der Waals surface area (Å²) in [7, 11) is -3.30. The van der Waals surface area contributed by atoms with Gasteiger partial charge in [-0.15, -0.1) is 11.3 Å². The molecule has 4 rings (SSSR count). The largest absolute Gasteiger partial charge is 0.298 e. The molecule has 1 N–H and O–H groups in total. The van der Waals surface area contributed by atoms with Crippen molar-refractivity contribution in [2.45, 2.75) is 19.8 Å². The topological polar surface area (TPSA) is 79.4 Å². The first-order chi connectivity index (χ1) is 13.8. The third-order valence-corrected chi connectivity index (χ3v) is 6.92. The van der Waals surface area contributed by atoms with Crippen molar-refractivity contribution in [2.24, 2.45) is 0 Å². The number of thiazole rings is 1. The summed E-state index contributed by atoms with van der Waals surface area (Å²) in [5.74, 6) is -0.257. The summed E-state index contributed by atoms with van der Waals surface area (Å²) < 4.78 is 25.1. The molecule has 1 aliphatic heterocycles. The van der Waals surface area contributed by atoms with Crippen LogP contribution in [-0.2, 0) is 22.9 Å². The number of sulfonamides is 1. The van der Waals surface area contributed by atoms with E-state index in [1.54, 1.807) is 18.2 Å². The van der Waals surface area contributed by atoms with Crippen molar-refractivity contribution in [3.8, 4) is 11.3 Å². The van der Waals surface area contributed by atoms with Crippen LogP contribution < -0.4 is 9.62 Å². The highest BCUT2D eigenvalue weighted by molar-refractivity contribution is 7.92. The zero-order valence-corrected chi connectivity index (χ0v) is 17.8. The van der Waals surface area contributed by atoms with Crippen molar-refractivity contribution in [1.29, 1.82) is 0 Å². The van der Waals surface area contributed by atoms with Crippen LogP contribution in [0.2, 0.25) is 0 Å². The Balaban J connectivity index is 1.50. The molecule has 0 fully saturated rings. The van der Waals surface area contributed by atoms with Crippen molar-refractivity contribution in [3.63, 3.8) is 0 Å². The number of aromatic nitrogens is 1. The molecule has 0 unspecified atom stereocenters. The van der Waals surface area contributed by atoms with Gasteiger partial charge < -0.3 is 0 Å². The van der Waals surface area contributed by atoms with E-state index in [9.17, 15) is 13.2 Å². The highest BCUT2D eigenvalue weighted by Crippen LogP contribution is 2.31. The van der Waals surface area contributed by atoms with Crippen LogP contribution in [0.1, 0.15) is 28.4 Å². The number of anilines is 2. The lowest BCUT2D eigenvalue weighted by Gasteiger charge is -2.16. The quantitative estimate of drug-likeness (QED) is 0.669. The minimum atomic E-state index is -3.30. The highest BCUT2D eigenvalue weighted by Gasteiger charge is 2.26. The number of nitrogens with zero attached hydrogens (tertiary/aromatic N) is 2. The molecule has 0 radical (unpaired) electrons. The van der Waals surface area contributed by atoms with Crippen molar-refractivity contribution in [2.75, 3.05) is 22.4 Å². The molecule has 0 saturated carbocycles. The van der Waals surface area contributed by atoms with Gasteiger partial charge in [-0.2, -0.15) is 0 Å². The molecule has 2 heterocycles. The van der Waals surface area contributed by atoms with Crippen LogP contribution >= 0.6 is 11.3 Å². The van der Waals surface area contributed by atoms with E-state index >= 15 is 0 Å². The van der Waals surface area contributed by atoms with Gasteiger partial charge in [0.2, 0.25) is 10.0 Å². The SMILES string of the molecule is CCc1ccc(-c2csc(NC(=O)c3ccc4c(c3)CCN4S(C)(=O)=O)n2)cc1. The second kappa shape index (κ2) is 7.61. The maximum atomic E-state index is 12.6. The van der Waals surface area contributed by atoms with Gasteiger partial charge in [0, 0.05) is 23.1 Å². The Bertz CT molecular complexity index is 1170. The molecule has 0 spiro atoms. The number of hydrogen-bond donors (Lipinski definition) is 1. The maximum absolute atomic E-state index is 12.6.